The number of para-hydroxylation sites is 4. The molecule has 2 unspecified atom stereocenters. The van der Waals surface area contributed by atoms with E-state index in [1.807, 2.05) is 0 Å². The molecule has 0 aliphatic heterocycles. The summed E-state index contributed by atoms with van der Waals surface area (Å²) >= 11 is 0. The minimum atomic E-state index is 0.372. The predicted octanol–water partition coefficient (Wildman–Crippen LogP) is 13.2. The van der Waals surface area contributed by atoms with E-state index in [9.17, 15) is 0 Å². The number of fused-ring (bicyclic) bond motifs is 3. The van der Waals surface area contributed by atoms with E-state index >= 15 is 0 Å². The summed E-state index contributed by atoms with van der Waals surface area (Å²) < 4.78 is 6.87. The van der Waals surface area contributed by atoms with Gasteiger partial charge in [0.1, 0.15) is 5.58 Å². The maximum atomic E-state index is 6.87. The summed E-state index contributed by atoms with van der Waals surface area (Å²) in [7, 11) is 0. The summed E-state index contributed by atoms with van der Waals surface area (Å²) in [6.45, 7) is 2.53. The summed E-state index contributed by atoms with van der Waals surface area (Å²) in [6.07, 6.45) is 7.05. The fourth-order valence-electron chi connectivity index (χ4n) is 10.3. The lowest BCUT2D eigenvalue weighted by molar-refractivity contribution is -0.0489. The Morgan fingerprint density at radius 3 is 1.70 bits per heavy atom. The molecule has 6 aromatic carbocycles. The molecule has 4 aliphatic rings. The van der Waals surface area contributed by atoms with Gasteiger partial charge >= 0.3 is 0 Å². The van der Waals surface area contributed by atoms with Crippen LogP contribution in [0.4, 0.5) is 34.1 Å². The maximum Gasteiger partial charge on any atom is 0.159 e. The van der Waals surface area contributed by atoms with E-state index in [0.29, 0.717) is 5.41 Å². The minimum absolute atomic E-state index is 0.372. The van der Waals surface area contributed by atoms with Crippen LogP contribution in [0, 0.1) is 23.7 Å². The highest BCUT2D eigenvalue weighted by Crippen LogP contribution is 2.62. The van der Waals surface area contributed by atoms with Crippen LogP contribution in [0.1, 0.15) is 44.6 Å². The second kappa shape index (κ2) is 11.7. The van der Waals surface area contributed by atoms with Crippen molar-refractivity contribution in [3.63, 3.8) is 0 Å². The van der Waals surface area contributed by atoms with Gasteiger partial charge in [0, 0.05) is 45.3 Å². The first-order chi connectivity index (χ1) is 24.6. The van der Waals surface area contributed by atoms with Crippen LogP contribution in [0.15, 0.2) is 156 Å². The van der Waals surface area contributed by atoms with Crippen molar-refractivity contribution < 1.29 is 4.42 Å². The summed E-state index contributed by atoms with van der Waals surface area (Å²) in [6, 6.07) is 54.6. The molecule has 4 fully saturated rings. The zero-order valence-electron chi connectivity index (χ0n) is 28.6. The van der Waals surface area contributed by atoms with Crippen LogP contribution in [-0.2, 0) is 5.41 Å². The van der Waals surface area contributed by atoms with Crippen LogP contribution >= 0.6 is 0 Å². The van der Waals surface area contributed by atoms with Gasteiger partial charge in [-0.1, -0.05) is 85.8 Å². The van der Waals surface area contributed by atoms with Crippen molar-refractivity contribution in [3.8, 4) is 0 Å². The Labute approximate surface area is 294 Å². The molecule has 4 bridgehead atoms. The average Bonchev–Trinajstić information content (AvgIpc) is 3.54. The monoisotopic (exact) mass is 650 g/mol. The molecule has 7 aromatic rings. The SMILES string of the molecule is CC1C2CC3CC1CC(c1ccc(N(c4ccccc4)c4ccc5c(c4)oc4c(N(c6ccccc6)c6ccccc6)cccc45)cc1)(C3)C2. The molecule has 4 saturated carbocycles. The summed E-state index contributed by atoms with van der Waals surface area (Å²) in [5, 5.41) is 2.23. The third-order valence-corrected chi connectivity index (χ3v) is 12.5. The number of benzene rings is 6. The highest BCUT2D eigenvalue weighted by molar-refractivity contribution is 6.11. The molecule has 246 valence electrons. The van der Waals surface area contributed by atoms with Crippen LogP contribution in [0.25, 0.3) is 21.9 Å². The topological polar surface area (TPSA) is 19.6 Å². The Morgan fingerprint density at radius 1 is 0.520 bits per heavy atom. The predicted molar refractivity (Wildman–Crippen MR) is 207 cm³/mol. The van der Waals surface area contributed by atoms with Gasteiger partial charge in [-0.15, -0.1) is 0 Å². The van der Waals surface area contributed by atoms with Gasteiger partial charge in [0.15, 0.2) is 5.58 Å². The van der Waals surface area contributed by atoms with Crippen molar-refractivity contribution >= 4 is 56.1 Å². The van der Waals surface area contributed by atoms with Crippen molar-refractivity contribution in [2.45, 2.75) is 44.4 Å². The van der Waals surface area contributed by atoms with Crippen LogP contribution in [0.2, 0.25) is 0 Å². The van der Waals surface area contributed by atoms with Gasteiger partial charge in [-0.2, -0.15) is 0 Å². The van der Waals surface area contributed by atoms with Crippen molar-refractivity contribution in [3.05, 3.63) is 157 Å². The molecule has 3 heteroatoms. The van der Waals surface area contributed by atoms with Crippen molar-refractivity contribution in [1.82, 2.24) is 0 Å². The summed E-state index contributed by atoms with van der Waals surface area (Å²) in [4.78, 5) is 4.66. The molecular formula is C47H42N2O. The third-order valence-electron chi connectivity index (χ3n) is 12.5. The minimum Gasteiger partial charge on any atom is -0.454 e. The van der Waals surface area contributed by atoms with Crippen LogP contribution in [0.5, 0.6) is 0 Å². The Hall–Kier alpha value is -5.28. The quantitative estimate of drug-likeness (QED) is 0.171. The first kappa shape index (κ1) is 29.6. The first-order valence-electron chi connectivity index (χ1n) is 18.4. The Kier molecular flexibility index (Phi) is 6.91. The average molecular weight is 651 g/mol. The largest absolute Gasteiger partial charge is 0.454 e. The molecule has 3 nitrogen and oxygen atoms in total. The number of furan rings is 1. The maximum absolute atomic E-state index is 6.87. The van der Waals surface area contributed by atoms with Crippen molar-refractivity contribution in [1.29, 1.82) is 0 Å². The molecule has 0 amide bonds. The van der Waals surface area contributed by atoms with Gasteiger partial charge in [0.2, 0.25) is 0 Å². The lowest BCUT2D eigenvalue weighted by atomic mass is 9.45. The number of hydrogen-bond acceptors (Lipinski definition) is 3. The molecule has 0 radical (unpaired) electrons. The van der Waals surface area contributed by atoms with Crippen molar-refractivity contribution in [2.24, 2.45) is 23.7 Å². The van der Waals surface area contributed by atoms with Gasteiger partial charge in [-0.3, -0.25) is 0 Å². The smallest absolute Gasteiger partial charge is 0.159 e. The Bertz CT molecular complexity index is 2240. The second-order valence-electron chi connectivity index (χ2n) is 15.3. The lowest BCUT2D eigenvalue weighted by Crippen LogP contribution is -2.52. The molecule has 11 rings (SSSR count). The normalized spacial score (nSPS) is 23.8. The number of rotatable bonds is 7. The van der Waals surface area contributed by atoms with E-state index < -0.39 is 0 Å². The van der Waals surface area contributed by atoms with E-state index in [1.54, 1.807) is 5.56 Å². The zero-order valence-corrected chi connectivity index (χ0v) is 28.6. The number of nitrogens with zero attached hydrogens (tertiary/aromatic N) is 2. The van der Waals surface area contributed by atoms with E-state index in [2.05, 4.69) is 168 Å². The molecule has 1 aromatic heterocycles. The second-order valence-corrected chi connectivity index (χ2v) is 15.3. The zero-order chi connectivity index (χ0) is 33.2. The van der Waals surface area contributed by atoms with E-state index in [0.717, 1.165) is 74.0 Å². The molecule has 0 N–H and O–H groups in total. The molecule has 0 spiro atoms. The molecule has 1 heterocycles. The Balaban J connectivity index is 1.06. The Morgan fingerprint density at radius 2 is 1.08 bits per heavy atom. The molecule has 0 saturated heterocycles. The fraction of sp³-hybridized carbons (Fsp3) is 0.234. The third kappa shape index (κ3) is 4.78. The fourth-order valence-corrected chi connectivity index (χ4v) is 10.3. The van der Waals surface area contributed by atoms with Gasteiger partial charge in [-0.25, -0.2) is 0 Å². The van der Waals surface area contributed by atoms with Gasteiger partial charge in [0.05, 0.1) is 5.69 Å². The standard InChI is InChI=1S/C47H42N2O/c1-32-34-26-33-27-35(32)31-47(29-33,30-34)36-20-22-40(23-21-36)48(37-12-5-2-6-13-37)41-24-25-42-43-18-11-19-44(46(43)50-45(42)28-41)49(38-14-7-3-8-15-38)39-16-9-4-10-17-39/h2-25,28,32-35H,26-27,29-31H2,1H3. The first-order valence-corrected chi connectivity index (χ1v) is 18.4. The summed E-state index contributed by atoms with van der Waals surface area (Å²) in [5.41, 5.74) is 10.3. The van der Waals surface area contributed by atoms with Gasteiger partial charge in [0.25, 0.3) is 0 Å². The molecule has 50 heavy (non-hydrogen) atoms. The molecular weight excluding hydrogens is 609 g/mol. The van der Waals surface area contributed by atoms with Crippen LogP contribution < -0.4 is 9.80 Å². The molecule has 4 aliphatic carbocycles. The van der Waals surface area contributed by atoms with Gasteiger partial charge < -0.3 is 14.2 Å². The van der Waals surface area contributed by atoms with E-state index in [4.69, 9.17) is 4.42 Å². The van der Waals surface area contributed by atoms with Crippen LogP contribution in [0.3, 0.4) is 0 Å². The lowest BCUT2D eigenvalue weighted by Gasteiger charge is -2.60. The highest BCUT2D eigenvalue weighted by atomic mass is 16.3. The number of anilines is 6. The number of hydrogen-bond donors (Lipinski definition) is 0. The van der Waals surface area contributed by atoms with E-state index in [1.165, 1.54) is 37.8 Å². The summed E-state index contributed by atoms with van der Waals surface area (Å²) in [5.74, 6) is 3.64. The van der Waals surface area contributed by atoms with Gasteiger partial charge in [-0.05, 0) is 133 Å². The van der Waals surface area contributed by atoms with Crippen LogP contribution in [-0.4, -0.2) is 0 Å². The molecule has 2 atom stereocenters. The highest BCUT2D eigenvalue weighted by Gasteiger charge is 2.54. The van der Waals surface area contributed by atoms with Crippen molar-refractivity contribution in [2.75, 3.05) is 9.80 Å². The van der Waals surface area contributed by atoms with E-state index in [-0.39, 0.29) is 0 Å².